The second-order valence-electron chi connectivity index (χ2n) is 5.30. The fraction of sp³-hybridized carbons (Fsp3) is 0.533. The van der Waals surface area contributed by atoms with E-state index in [1.165, 1.54) is 12.1 Å². The Morgan fingerprint density at radius 1 is 1.29 bits per heavy atom. The molecule has 4 nitrogen and oxygen atoms in total. The Hall–Kier alpha value is -0.980. The van der Waals surface area contributed by atoms with Gasteiger partial charge in [0.05, 0.1) is 24.8 Å². The Kier molecular flexibility index (Phi) is 4.57. The zero-order valence-corrected chi connectivity index (χ0v) is 13.1. The monoisotopic (exact) mass is 357 g/mol. The van der Waals surface area contributed by atoms with Crippen LogP contribution in [-0.2, 0) is 9.47 Å². The minimum atomic E-state index is -0.413. The predicted octanol–water partition coefficient (Wildman–Crippen LogP) is 2.96. The van der Waals surface area contributed by atoms with Crippen molar-refractivity contribution in [2.75, 3.05) is 19.8 Å². The van der Waals surface area contributed by atoms with Crippen LogP contribution >= 0.6 is 15.9 Å². The van der Waals surface area contributed by atoms with Crippen LogP contribution in [0, 0.1) is 5.82 Å². The van der Waals surface area contributed by atoms with E-state index in [0.29, 0.717) is 29.8 Å². The number of hydrogen-bond acceptors (Lipinski definition) is 3. The molecule has 0 saturated carbocycles. The summed E-state index contributed by atoms with van der Waals surface area (Å²) >= 11 is 3.32. The summed E-state index contributed by atoms with van der Waals surface area (Å²) in [6.45, 7) is 1.77. The molecule has 0 radical (unpaired) electrons. The third-order valence-corrected chi connectivity index (χ3v) is 4.62. The van der Waals surface area contributed by atoms with E-state index in [4.69, 9.17) is 9.47 Å². The number of rotatable bonds is 2. The summed E-state index contributed by atoms with van der Waals surface area (Å²) in [5.74, 6) is -0.589. The number of nitrogens with zero attached hydrogens (tertiary/aromatic N) is 1. The molecule has 21 heavy (non-hydrogen) atoms. The highest BCUT2D eigenvalue weighted by atomic mass is 79.9. The van der Waals surface area contributed by atoms with Gasteiger partial charge in [0.15, 0.2) is 6.29 Å². The maximum atomic E-state index is 13.4. The van der Waals surface area contributed by atoms with Crippen LogP contribution in [0.5, 0.6) is 0 Å². The molecule has 0 spiro atoms. The summed E-state index contributed by atoms with van der Waals surface area (Å²) in [7, 11) is 0. The minimum absolute atomic E-state index is 0.0936. The Labute approximate surface area is 131 Å². The summed E-state index contributed by atoms with van der Waals surface area (Å²) in [4.78, 5) is 14.5. The van der Waals surface area contributed by atoms with Crippen LogP contribution in [0.1, 0.15) is 29.6 Å². The van der Waals surface area contributed by atoms with Gasteiger partial charge < -0.3 is 14.4 Å². The lowest BCUT2D eigenvalue weighted by Gasteiger charge is -2.38. The van der Waals surface area contributed by atoms with Crippen LogP contribution in [0.2, 0.25) is 0 Å². The number of ether oxygens (including phenoxy) is 2. The molecule has 1 atom stereocenters. The van der Waals surface area contributed by atoms with Crippen molar-refractivity contribution in [1.82, 2.24) is 4.90 Å². The first-order valence-electron chi connectivity index (χ1n) is 7.16. The fourth-order valence-electron chi connectivity index (χ4n) is 2.91. The Balaban J connectivity index is 1.85. The molecule has 1 aromatic carbocycles. The summed E-state index contributed by atoms with van der Waals surface area (Å²) in [5, 5.41) is 0. The molecular formula is C15H17BrFNO3. The maximum Gasteiger partial charge on any atom is 0.255 e. The molecule has 3 rings (SSSR count). The normalized spacial score (nSPS) is 23.5. The molecule has 0 N–H and O–H groups in total. The number of carbonyl (C=O) groups excluding carboxylic acids is 1. The third kappa shape index (κ3) is 3.12. The third-order valence-electron chi connectivity index (χ3n) is 3.93. The number of piperidine rings is 1. The predicted molar refractivity (Wildman–Crippen MR) is 78.5 cm³/mol. The largest absolute Gasteiger partial charge is 0.348 e. The summed E-state index contributed by atoms with van der Waals surface area (Å²) in [6.07, 6.45) is 2.48. The van der Waals surface area contributed by atoms with Crippen LogP contribution in [0.25, 0.3) is 0 Å². The van der Waals surface area contributed by atoms with Gasteiger partial charge in [0.2, 0.25) is 0 Å². The highest BCUT2D eigenvalue weighted by molar-refractivity contribution is 9.10. The van der Waals surface area contributed by atoms with Crippen LogP contribution in [0.3, 0.4) is 0 Å². The number of likely N-dealkylation sites (tertiary alicyclic amines) is 1. The highest BCUT2D eigenvalue weighted by Crippen LogP contribution is 2.28. The van der Waals surface area contributed by atoms with Gasteiger partial charge in [-0.3, -0.25) is 4.79 Å². The molecule has 1 aromatic rings. The molecule has 0 aliphatic carbocycles. The first kappa shape index (κ1) is 14.9. The van der Waals surface area contributed by atoms with Gasteiger partial charge >= 0.3 is 0 Å². The molecule has 114 valence electrons. The van der Waals surface area contributed by atoms with Gasteiger partial charge in [0, 0.05) is 11.0 Å². The molecule has 2 heterocycles. The average Bonchev–Trinajstić information content (AvgIpc) is 3.03. The van der Waals surface area contributed by atoms with Crippen molar-refractivity contribution in [1.29, 1.82) is 0 Å². The van der Waals surface area contributed by atoms with Gasteiger partial charge in [0.25, 0.3) is 5.91 Å². The van der Waals surface area contributed by atoms with E-state index in [0.717, 1.165) is 19.3 Å². The van der Waals surface area contributed by atoms with Crippen molar-refractivity contribution in [2.45, 2.75) is 31.6 Å². The van der Waals surface area contributed by atoms with Crippen molar-refractivity contribution in [3.63, 3.8) is 0 Å². The van der Waals surface area contributed by atoms with Gasteiger partial charge in [-0.2, -0.15) is 0 Å². The molecule has 2 aliphatic heterocycles. The zero-order valence-electron chi connectivity index (χ0n) is 11.6. The lowest BCUT2D eigenvalue weighted by molar-refractivity contribution is -0.100. The molecule has 2 fully saturated rings. The van der Waals surface area contributed by atoms with Gasteiger partial charge in [-0.05, 0) is 53.4 Å². The first-order valence-corrected chi connectivity index (χ1v) is 7.95. The Morgan fingerprint density at radius 3 is 2.81 bits per heavy atom. The molecule has 1 amide bonds. The second-order valence-corrected chi connectivity index (χ2v) is 6.15. The van der Waals surface area contributed by atoms with Crippen LogP contribution in [0.15, 0.2) is 22.7 Å². The fourth-order valence-corrected chi connectivity index (χ4v) is 3.32. The maximum absolute atomic E-state index is 13.4. The van der Waals surface area contributed by atoms with E-state index in [-0.39, 0.29) is 18.2 Å². The Bertz CT molecular complexity index is 534. The van der Waals surface area contributed by atoms with Gasteiger partial charge in [0.1, 0.15) is 5.82 Å². The van der Waals surface area contributed by atoms with Crippen molar-refractivity contribution < 1.29 is 18.7 Å². The van der Waals surface area contributed by atoms with E-state index >= 15 is 0 Å². The topological polar surface area (TPSA) is 38.8 Å². The molecule has 6 heteroatoms. The van der Waals surface area contributed by atoms with Crippen LogP contribution < -0.4 is 0 Å². The number of amides is 1. The SMILES string of the molecule is O=C(c1cc(F)ccc1Br)N1CCCCC1C1OCCO1. The summed E-state index contributed by atoms with van der Waals surface area (Å²) in [6, 6.07) is 4.07. The molecule has 2 aliphatic rings. The second kappa shape index (κ2) is 6.42. The van der Waals surface area contributed by atoms with Crippen molar-refractivity contribution in [2.24, 2.45) is 0 Å². The number of carbonyl (C=O) groups is 1. The number of halogens is 2. The van der Waals surface area contributed by atoms with Crippen molar-refractivity contribution in [3.05, 3.63) is 34.1 Å². The number of benzene rings is 1. The standard InChI is InChI=1S/C15H17BrFNO3/c16-12-5-4-10(17)9-11(12)14(19)18-6-2-1-3-13(18)15-20-7-8-21-15/h4-5,9,13,15H,1-3,6-8H2. The molecule has 0 bridgehead atoms. The lowest BCUT2D eigenvalue weighted by atomic mass is 10.00. The van der Waals surface area contributed by atoms with Crippen LogP contribution in [0.4, 0.5) is 4.39 Å². The molecular weight excluding hydrogens is 341 g/mol. The van der Waals surface area contributed by atoms with E-state index in [1.54, 1.807) is 11.0 Å². The Morgan fingerprint density at radius 2 is 2.05 bits per heavy atom. The molecule has 1 unspecified atom stereocenters. The van der Waals surface area contributed by atoms with E-state index in [9.17, 15) is 9.18 Å². The lowest BCUT2D eigenvalue weighted by Crippen LogP contribution is -2.50. The zero-order chi connectivity index (χ0) is 14.8. The molecule has 2 saturated heterocycles. The van der Waals surface area contributed by atoms with E-state index < -0.39 is 5.82 Å². The highest BCUT2D eigenvalue weighted by Gasteiger charge is 2.37. The summed E-state index contributed by atoms with van der Waals surface area (Å²) in [5.41, 5.74) is 0.347. The smallest absolute Gasteiger partial charge is 0.255 e. The van der Waals surface area contributed by atoms with Crippen molar-refractivity contribution >= 4 is 21.8 Å². The molecule has 0 aromatic heterocycles. The quantitative estimate of drug-likeness (QED) is 0.816. The van der Waals surface area contributed by atoms with Gasteiger partial charge in [-0.25, -0.2) is 4.39 Å². The van der Waals surface area contributed by atoms with Gasteiger partial charge in [-0.1, -0.05) is 0 Å². The minimum Gasteiger partial charge on any atom is -0.348 e. The number of hydrogen-bond donors (Lipinski definition) is 0. The average molecular weight is 358 g/mol. The van der Waals surface area contributed by atoms with E-state index in [1.807, 2.05) is 0 Å². The van der Waals surface area contributed by atoms with Crippen LogP contribution in [-0.4, -0.2) is 42.9 Å². The van der Waals surface area contributed by atoms with E-state index in [2.05, 4.69) is 15.9 Å². The van der Waals surface area contributed by atoms with Crippen molar-refractivity contribution in [3.8, 4) is 0 Å². The van der Waals surface area contributed by atoms with Gasteiger partial charge in [-0.15, -0.1) is 0 Å². The first-order chi connectivity index (χ1) is 10.2. The summed E-state index contributed by atoms with van der Waals surface area (Å²) < 4.78 is 25.2.